The fraction of sp³-hybridized carbons (Fsp3) is 0.636. The van der Waals surface area contributed by atoms with E-state index in [1.807, 2.05) is 30.3 Å². The Bertz CT molecular complexity index is 644. The maximum atomic E-state index is 10.8. The molecule has 1 heterocycles. The molecule has 6 nitrogen and oxygen atoms in total. The fourth-order valence-corrected chi connectivity index (χ4v) is 4.60. The average Bonchev–Trinajstić information content (AvgIpc) is 3.07. The third-order valence-corrected chi connectivity index (χ3v) is 6.00. The number of rotatable bonds is 6. The van der Waals surface area contributed by atoms with Crippen LogP contribution in [0.5, 0.6) is 0 Å². The van der Waals surface area contributed by atoms with E-state index in [9.17, 15) is 10.2 Å². The van der Waals surface area contributed by atoms with Crippen LogP contribution in [0, 0.1) is 0 Å². The van der Waals surface area contributed by atoms with Crippen LogP contribution in [-0.2, 0) is 25.6 Å². The van der Waals surface area contributed by atoms with Gasteiger partial charge in [-0.25, -0.2) is 0 Å². The molecule has 1 aliphatic heterocycles. The molecule has 2 saturated carbocycles. The first kappa shape index (κ1) is 20.0. The molecule has 2 aliphatic carbocycles. The summed E-state index contributed by atoms with van der Waals surface area (Å²) >= 11 is 0. The van der Waals surface area contributed by atoms with E-state index < -0.39 is 42.4 Å². The van der Waals surface area contributed by atoms with Crippen LogP contribution in [0.3, 0.4) is 0 Å². The van der Waals surface area contributed by atoms with Gasteiger partial charge < -0.3 is 29.2 Å². The summed E-state index contributed by atoms with van der Waals surface area (Å²) in [5.41, 5.74) is 0.997. The number of aliphatic hydroxyl groups excluding tert-OH is 2. The monoisotopic (exact) mass is 390 g/mol. The van der Waals surface area contributed by atoms with E-state index in [0.29, 0.717) is 6.61 Å². The van der Waals surface area contributed by atoms with Crippen LogP contribution in [-0.4, -0.2) is 59.2 Å². The minimum absolute atomic E-state index is 0.267. The molecule has 1 spiro atoms. The molecule has 0 unspecified atom stereocenters. The van der Waals surface area contributed by atoms with Gasteiger partial charge in [0.25, 0.3) is 0 Å². The largest absolute Gasteiger partial charge is 0.387 e. The first-order chi connectivity index (χ1) is 13.6. The predicted octanol–water partition coefficient (Wildman–Crippen LogP) is 2.32. The zero-order valence-corrected chi connectivity index (χ0v) is 16.1. The summed E-state index contributed by atoms with van der Waals surface area (Å²) in [6.45, 7) is 4.26. The Balaban J connectivity index is 1.55. The van der Waals surface area contributed by atoms with Gasteiger partial charge in [-0.05, 0) is 18.4 Å². The molecule has 0 bridgehead atoms. The van der Waals surface area contributed by atoms with Gasteiger partial charge in [0, 0.05) is 12.8 Å². The molecule has 28 heavy (non-hydrogen) atoms. The summed E-state index contributed by atoms with van der Waals surface area (Å²) in [5, 5.41) is 21.5. The number of hydrogen-bond donors (Lipinski definition) is 2. The molecule has 6 heteroatoms. The highest BCUT2D eigenvalue weighted by Crippen LogP contribution is 2.46. The Labute approximate surface area is 166 Å². The van der Waals surface area contributed by atoms with Crippen LogP contribution in [0.4, 0.5) is 0 Å². The molecule has 4 rings (SSSR count). The quantitative estimate of drug-likeness (QED) is 0.726. The number of ether oxygens (including phenoxy) is 4. The van der Waals surface area contributed by atoms with Gasteiger partial charge in [0.2, 0.25) is 0 Å². The van der Waals surface area contributed by atoms with E-state index in [4.69, 9.17) is 18.9 Å². The molecule has 2 N–H and O–H groups in total. The number of aliphatic hydroxyl groups is 2. The number of benzene rings is 1. The molecule has 1 saturated heterocycles. The smallest absolute Gasteiger partial charge is 0.169 e. The lowest BCUT2D eigenvalue weighted by atomic mass is 9.84. The lowest BCUT2D eigenvalue weighted by molar-refractivity contribution is -0.219. The van der Waals surface area contributed by atoms with E-state index in [0.717, 1.165) is 31.2 Å². The van der Waals surface area contributed by atoms with Crippen LogP contribution >= 0.6 is 0 Å². The highest BCUT2D eigenvalue weighted by Gasteiger charge is 2.61. The summed E-state index contributed by atoms with van der Waals surface area (Å²) in [5.74, 6) is -0.665. The van der Waals surface area contributed by atoms with Gasteiger partial charge in [-0.1, -0.05) is 42.8 Å². The second-order valence-corrected chi connectivity index (χ2v) is 7.97. The molecule has 0 radical (unpaired) electrons. The van der Waals surface area contributed by atoms with Crippen molar-refractivity contribution in [3.63, 3.8) is 0 Å². The third kappa shape index (κ3) is 3.90. The molecular formula is C22H30O6. The van der Waals surface area contributed by atoms with Crippen molar-refractivity contribution in [1.29, 1.82) is 0 Å². The van der Waals surface area contributed by atoms with Gasteiger partial charge >= 0.3 is 0 Å². The molecular weight excluding hydrogens is 360 g/mol. The highest BCUT2D eigenvalue weighted by molar-refractivity contribution is 5.14. The Kier molecular flexibility index (Phi) is 6.16. The minimum Gasteiger partial charge on any atom is -0.387 e. The lowest BCUT2D eigenvalue weighted by Gasteiger charge is -2.42. The predicted molar refractivity (Wildman–Crippen MR) is 103 cm³/mol. The van der Waals surface area contributed by atoms with Gasteiger partial charge in [-0.3, -0.25) is 0 Å². The number of hydrogen-bond acceptors (Lipinski definition) is 6. The summed E-state index contributed by atoms with van der Waals surface area (Å²) in [7, 11) is 0. The van der Waals surface area contributed by atoms with Crippen molar-refractivity contribution in [2.24, 2.45) is 0 Å². The first-order valence-corrected chi connectivity index (χ1v) is 10.2. The van der Waals surface area contributed by atoms with Crippen molar-refractivity contribution in [3.05, 3.63) is 48.6 Å². The Morgan fingerprint density at radius 3 is 2.18 bits per heavy atom. The second-order valence-electron chi connectivity index (χ2n) is 7.97. The Hall–Kier alpha value is -1.28. The number of fused-ring (bicyclic) bond motifs is 1. The molecule has 0 aromatic heterocycles. The van der Waals surface area contributed by atoms with Gasteiger partial charge in [-0.2, -0.15) is 0 Å². The molecule has 6 atom stereocenters. The maximum Gasteiger partial charge on any atom is 0.169 e. The van der Waals surface area contributed by atoms with E-state index in [1.165, 1.54) is 6.42 Å². The van der Waals surface area contributed by atoms with Crippen molar-refractivity contribution in [2.45, 2.75) is 81.1 Å². The lowest BCUT2D eigenvalue weighted by Crippen LogP contribution is -2.64. The van der Waals surface area contributed by atoms with Gasteiger partial charge in [0.15, 0.2) is 5.79 Å². The normalized spacial score (nSPS) is 36.9. The highest BCUT2D eigenvalue weighted by atomic mass is 16.8. The van der Waals surface area contributed by atoms with Crippen molar-refractivity contribution in [3.8, 4) is 0 Å². The second kappa shape index (κ2) is 8.61. The molecule has 3 aliphatic rings. The first-order valence-electron chi connectivity index (χ1n) is 10.2. The van der Waals surface area contributed by atoms with Crippen molar-refractivity contribution >= 4 is 0 Å². The molecule has 1 aromatic rings. The molecule has 154 valence electrons. The molecule has 3 fully saturated rings. The summed E-state index contributed by atoms with van der Waals surface area (Å²) in [6, 6.07) is 9.76. The van der Waals surface area contributed by atoms with Crippen molar-refractivity contribution in [1.82, 2.24) is 0 Å². The van der Waals surface area contributed by atoms with E-state index in [1.54, 1.807) is 6.08 Å². The summed E-state index contributed by atoms with van der Waals surface area (Å²) < 4.78 is 24.6. The standard InChI is InChI=1S/C22H30O6/c1-2-13-25-18-16(23)17(24)19(26-14-15-9-5-3-6-10-15)21-20(18)27-22(28-21)11-7-4-8-12-22/h2-3,5-6,9-10,16-21,23-24H,1,4,7-8,11-14H2/t16-,17+,18-,19-,20-,21+/m1/s1. The molecule has 1 aromatic carbocycles. The zero-order valence-electron chi connectivity index (χ0n) is 16.1. The Morgan fingerprint density at radius 2 is 1.57 bits per heavy atom. The zero-order chi connectivity index (χ0) is 19.6. The van der Waals surface area contributed by atoms with Crippen LogP contribution in [0.2, 0.25) is 0 Å². The third-order valence-electron chi connectivity index (χ3n) is 6.00. The van der Waals surface area contributed by atoms with Crippen molar-refractivity contribution in [2.75, 3.05) is 6.61 Å². The van der Waals surface area contributed by atoms with Crippen LogP contribution in [0.25, 0.3) is 0 Å². The maximum absolute atomic E-state index is 10.8. The van der Waals surface area contributed by atoms with Gasteiger partial charge in [0.05, 0.1) is 13.2 Å². The molecule has 0 amide bonds. The topological polar surface area (TPSA) is 77.4 Å². The van der Waals surface area contributed by atoms with Crippen LogP contribution in [0.15, 0.2) is 43.0 Å². The van der Waals surface area contributed by atoms with Crippen molar-refractivity contribution < 1.29 is 29.2 Å². The Morgan fingerprint density at radius 1 is 0.964 bits per heavy atom. The minimum atomic E-state index is -1.12. The van der Waals surface area contributed by atoms with Crippen LogP contribution in [0.1, 0.15) is 37.7 Å². The van der Waals surface area contributed by atoms with E-state index in [-0.39, 0.29) is 6.61 Å². The van der Waals surface area contributed by atoms with Gasteiger partial charge in [-0.15, -0.1) is 6.58 Å². The van der Waals surface area contributed by atoms with Gasteiger partial charge in [0.1, 0.15) is 36.6 Å². The summed E-state index contributed by atoms with van der Waals surface area (Å²) in [6.07, 6.45) is 1.89. The SMILES string of the molecule is C=CCO[C@@H]1[C@H](O)[C@H](O)[C@@H](OCc2ccccc2)[C@@H]2OC3(CCCCC3)O[C@@H]21. The average molecular weight is 390 g/mol. The summed E-state index contributed by atoms with van der Waals surface area (Å²) in [4.78, 5) is 0. The van der Waals surface area contributed by atoms with E-state index >= 15 is 0 Å². The van der Waals surface area contributed by atoms with E-state index in [2.05, 4.69) is 6.58 Å². The van der Waals surface area contributed by atoms with Crippen LogP contribution < -0.4 is 0 Å². The fourth-order valence-electron chi connectivity index (χ4n) is 4.60.